The summed E-state index contributed by atoms with van der Waals surface area (Å²) in [7, 11) is 0. The third-order valence-corrected chi connectivity index (χ3v) is 7.03. The Morgan fingerprint density at radius 2 is 1.87 bits per heavy atom. The summed E-state index contributed by atoms with van der Waals surface area (Å²) in [5.41, 5.74) is -0.524. The van der Waals surface area contributed by atoms with Gasteiger partial charge in [0, 0.05) is 29.3 Å². The third-order valence-electron chi connectivity index (χ3n) is 6.35. The van der Waals surface area contributed by atoms with Crippen LogP contribution < -0.4 is 4.90 Å². The lowest BCUT2D eigenvalue weighted by Crippen LogP contribution is -2.38. The normalized spacial score (nSPS) is 26.4. The number of anilines is 1. The Hall–Kier alpha value is -1.50. The highest BCUT2D eigenvalue weighted by Gasteiger charge is 2.91. The molecule has 7 heteroatoms. The summed E-state index contributed by atoms with van der Waals surface area (Å²) in [6, 6.07) is 1.93. The fraction of sp³-hybridized carbons (Fsp3) is 0.625. The van der Waals surface area contributed by atoms with Crippen LogP contribution in [0.5, 0.6) is 0 Å². The lowest BCUT2D eigenvalue weighted by Gasteiger charge is -2.36. The molecular formula is C16H17F2N3OS. The number of rotatable bonds is 2. The van der Waals surface area contributed by atoms with E-state index >= 15 is 0 Å². The number of thiophene rings is 1. The molecule has 2 spiro atoms. The van der Waals surface area contributed by atoms with Crippen molar-refractivity contribution in [3.63, 3.8) is 0 Å². The molecule has 0 aromatic carbocycles. The predicted octanol–water partition coefficient (Wildman–Crippen LogP) is 4.20. The molecule has 3 heterocycles. The Labute approximate surface area is 136 Å². The molecule has 0 amide bonds. The van der Waals surface area contributed by atoms with Gasteiger partial charge in [-0.15, -0.1) is 0 Å². The number of nitrogens with zero attached hydrogens (tertiary/aromatic N) is 3. The minimum absolute atomic E-state index is 0.494. The van der Waals surface area contributed by atoms with Crippen molar-refractivity contribution in [3.8, 4) is 11.5 Å². The van der Waals surface area contributed by atoms with E-state index in [0.717, 1.165) is 12.0 Å². The van der Waals surface area contributed by atoms with Crippen LogP contribution in [0, 0.1) is 10.8 Å². The van der Waals surface area contributed by atoms with Gasteiger partial charge in [0.2, 0.25) is 0 Å². The molecule has 3 aliphatic rings. The Morgan fingerprint density at radius 1 is 1.13 bits per heavy atom. The molecule has 0 atom stereocenters. The van der Waals surface area contributed by atoms with Crippen LogP contribution in [-0.4, -0.2) is 29.2 Å². The lowest BCUT2D eigenvalue weighted by molar-refractivity contribution is 0.0203. The quantitative estimate of drug-likeness (QED) is 0.823. The maximum Gasteiger partial charge on any atom is 0.266 e. The smallest absolute Gasteiger partial charge is 0.266 e. The Kier molecular flexibility index (Phi) is 2.61. The van der Waals surface area contributed by atoms with Crippen LogP contribution in [0.25, 0.3) is 11.5 Å². The molecule has 5 rings (SSSR count). The number of hydrogen-bond donors (Lipinski definition) is 0. The van der Waals surface area contributed by atoms with Gasteiger partial charge in [-0.25, -0.2) is 8.78 Å². The first-order valence-corrected chi connectivity index (χ1v) is 9.03. The van der Waals surface area contributed by atoms with E-state index in [4.69, 9.17) is 4.52 Å². The van der Waals surface area contributed by atoms with Crippen molar-refractivity contribution in [3.05, 3.63) is 16.8 Å². The largest absolute Gasteiger partial charge is 0.338 e. The molecule has 0 radical (unpaired) electrons. The minimum Gasteiger partial charge on any atom is -0.338 e. The van der Waals surface area contributed by atoms with E-state index in [1.54, 1.807) is 11.3 Å². The highest BCUT2D eigenvalue weighted by atomic mass is 32.1. The molecule has 2 aromatic heterocycles. The molecule has 0 unspecified atom stereocenters. The zero-order chi connectivity index (χ0) is 15.7. The van der Waals surface area contributed by atoms with Crippen molar-refractivity contribution < 1.29 is 13.3 Å². The fourth-order valence-electron chi connectivity index (χ4n) is 4.79. The summed E-state index contributed by atoms with van der Waals surface area (Å²) in [5, 5.41) is 7.94. The Bertz CT molecular complexity index is 730. The van der Waals surface area contributed by atoms with Gasteiger partial charge < -0.3 is 9.42 Å². The summed E-state index contributed by atoms with van der Waals surface area (Å²) >= 11 is 1.57. The third kappa shape index (κ3) is 1.54. The van der Waals surface area contributed by atoms with Crippen molar-refractivity contribution >= 4 is 17.3 Å². The first-order valence-electron chi connectivity index (χ1n) is 8.09. The maximum atomic E-state index is 14.4. The standard InChI is InChI=1S/C16H17F2N3OS/c17-16(18)14(3-1-4-14)15(16)5-7-21(8-6-15)13-19-12(22-20-13)11-2-9-23-10-11/h2,9-10H,1,3-8H2. The number of hydrogen-bond acceptors (Lipinski definition) is 5. The topological polar surface area (TPSA) is 42.2 Å². The maximum absolute atomic E-state index is 14.4. The average molecular weight is 337 g/mol. The summed E-state index contributed by atoms with van der Waals surface area (Å²) in [6.07, 6.45) is 3.41. The van der Waals surface area contributed by atoms with Gasteiger partial charge in [0.05, 0.1) is 5.56 Å². The van der Waals surface area contributed by atoms with Gasteiger partial charge in [-0.3, -0.25) is 0 Å². The van der Waals surface area contributed by atoms with Gasteiger partial charge in [-0.1, -0.05) is 6.42 Å². The molecule has 2 saturated carbocycles. The van der Waals surface area contributed by atoms with E-state index in [-0.39, 0.29) is 0 Å². The Morgan fingerprint density at radius 3 is 2.43 bits per heavy atom. The van der Waals surface area contributed by atoms with Gasteiger partial charge in [0.25, 0.3) is 17.8 Å². The van der Waals surface area contributed by atoms with E-state index in [2.05, 4.69) is 10.1 Å². The van der Waals surface area contributed by atoms with E-state index < -0.39 is 16.8 Å². The van der Waals surface area contributed by atoms with Crippen molar-refractivity contribution in [2.75, 3.05) is 18.0 Å². The molecule has 0 bridgehead atoms. The molecule has 2 aromatic rings. The van der Waals surface area contributed by atoms with Crippen molar-refractivity contribution in [2.45, 2.75) is 38.0 Å². The van der Waals surface area contributed by atoms with E-state index in [1.165, 1.54) is 0 Å². The van der Waals surface area contributed by atoms with Crippen LogP contribution in [-0.2, 0) is 0 Å². The molecular weight excluding hydrogens is 320 g/mol. The fourth-order valence-corrected chi connectivity index (χ4v) is 5.42. The summed E-state index contributed by atoms with van der Waals surface area (Å²) < 4.78 is 34.2. The van der Waals surface area contributed by atoms with Crippen LogP contribution >= 0.6 is 11.3 Å². The SMILES string of the molecule is FC1(F)C2(CCC2)C12CCN(c1noc(-c3ccsc3)n1)CC2. The van der Waals surface area contributed by atoms with Gasteiger partial charge in [-0.05, 0) is 42.3 Å². The van der Waals surface area contributed by atoms with Gasteiger partial charge in [-0.2, -0.15) is 16.3 Å². The first-order chi connectivity index (χ1) is 11.1. The predicted molar refractivity (Wildman–Crippen MR) is 82.7 cm³/mol. The van der Waals surface area contributed by atoms with Crippen molar-refractivity contribution in [1.82, 2.24) is 10.1 Å². The number of piperidine rings is 1. The Balaban J connectivity index is 1.33. The highest BCUT2D eigenvalue weighted by molar-refractivity contribution is 7.08. The molecule has 0 N–H and O–H groups in total. The summed E-state index contributed by atoms with van der Waals surface area (Å²) in [6.45, 7) is 1.17. The second kappa shape index (κ2) is 4.32. The second-order valence-corrected chi connectivity index (χ2v) is 7.77. The van der Waals surface area contributed by atoms with Crippen LogP contribution in [0.15, 0.2) is 21.3 Å². The van der Waals surface area contributed by atoms with Gasteiger partial charge in [0.15, 0.2) is 0 Å². The summed E-state index contributed by atoms with van der Waals surface area (Å²) in [4.78, 5) is 6.40. The lowest BCUT2D eigenvalue weighted by atomic mass is 9.72. The van der Waals surface area contributed by atoms with Crippen LogP contribution in [0.1, 0.15) is 32.1 Å². The monoisotopic (exact) mass is 337 g/mol. The molecule has 3 fully saturated rings. The molecule has 1 saturated heterocycles. The highest BCUT2D eigenvalue weighted by Crippen LogP contribution is 2.85. The average Bonchev–Trinajstić information content (AvgIpc) is 3.04. The minimum atomic E-state index is -2.47. The zero-order valence-electron chi connectivity index (χ0n) is 12.6. The van der Waals surface area contributed by atoms with E-state index in [1.807, 2.05) is 21.7 Å². The number of halogens is 2. The van der Waals surface area contributed by atoms with Crippen LogP contribution in [0.4, 0.5) is 14.7 Å². The van der Waals surface area contributed by atoms with Gasteiger partial charge >= 0.3 is 0 Å². The molecule has 2 aliphatic carbocycles. The van der Waals surface area contributed by atoms with Crippen LogP contribution in [0.3, 0.4) is 0 Å². The molecule has 122 valence electrons. The first kappa shape index (κ1) is 13.9. The van der Waals surface area contributed by atoms with E-state index in [0.29, 0.717) is 50.6 Å². The number of alkyl halides is 2. The molecule has 23 heavy (non-hydrogen) atoms. The number of aromatic nitrogens is 2. The zero-order valence-corrected chi connectivity index (χ0v) is 13.4. The summed E-state index contributed by atoms with van der Waals surface area (Å²) in [5.74, 6) is -1.45. The van der Waals surface area contributed by atoms with Crippen molar-refractivity contribution in [2.24, 2.45) is 10.8 Å². The van der Waals surface area contributed by atoms with E-state index in [9.17, 15) is 8.78 Å². The van der Waals surface area contributed by atoms with Gasteiger partial charge in [0.1, 0.15) is 0 Å². The van der Waals surface area contributed by atoms with Crippen molar-refractivity contribution in [1.29, 1.82) is 0 Å². The number of fused-ring (bicyclic) bond motifs is 1. The molecule has 1 aliphatic heterocycles. The second-order valence-electron chi connectivity index (χ2n) is 6.99. The van der Waals surface area contributed by atoms with Crippen LogP contribution in [0.2, 0.25) is 0 Å². The molecule has 4 nitrogen and oxygen atoms in total.